The lowest BCUT2D eigenvalue weighted by Crippen LogP contribution is -2.33. The molecule has 1 saturated heterocycles. The van der Waals surface area contributed by atoms with Gasteiger partial charge in [0.15, 0.2) is 0 Å². The van der Waals surface area contributed by atoms with E-state index < -0.39 is 17.5 Å². The number of nitrogens with zero attached hydrogens (tertiary/aromatic N) is 3. The van der Waals surface area contributed by atoms with Crippen LogP contribution in [0.25, 0.3) is 0 Å². The van der Waals surface area contributed by atoms with Crippen LogP contribution in [-0.2, 0) is 4.74 Å². The van der Waals surface area contributed by atoms with Gasteiger partial charge >= 0.3 is 12.0 Å². The van der Waals surface area contributed by atoms with Crippen molar-refractivity contribution in [1.82, 2.24) is 4.98 Å². The fourth-order valence-corrected chi connectivity index (χ4v) is 3.09. The summed E-state index contributed by atoms with van der Waals surface area (Å²) in [7, 11) is 0. The Kier molecular flexibility index (Phi) is 5.30. The summed E-state index contributed by atoms with van der Waals surface area (Å²) in [6.45, 7) is 7.74. The van der Waals surface area contributed by atoms with Gasteiger partial charge in [-0.3, -0.25) is 9.80 Å². The smallest absolute Gasteiger partial charge is 0.338 e. The second-order valence-electron chi connectivity index (χ2n) is 7.51. The van der Waals surface area contributed by atoms with Gasteiger partial charge in [-0.2, -0.15) is 4.39 Å². The van der Waals surface area contributed by atoms with E-state index in [9.17, 15) is 14.0 Å². The number of esters is 1. The summed E-state index contributed by atoms with van der Waals surface area (Å²) in [4.78, 5) is 32.0. The second-order valence-corrected chi connectivity index (χ2v) is 7.92. The lowest BCUT2D eigenvalue weighted by atomic mass is 10.1. The van der Waals surface area contributed by atoms with Gasteiger partial charge in [-0.05, 0) is 45.9 Å². The number of anilines is 2. The number of pyridine rings is 1. The van der Waals surface area contributed by atoms with E-state index in [4.69, 9.17) is 16.3 Å². The number of benzene rings is 1. The molecule has 2 heterocycles. The van der Waals surface area contributed by atoms with Crippen molar-refractivity contribution in [3.8, 4) is 0 Å². The number of carbonyl (C=O) groups excluding carboxylic acids is 2. The van der Waals surface area contributed by atoms with E-state index in [0.29, 0.717) is 29.9 Å². The van der Waals surface area contributed by atoms with E-state index in [0.717, 1.165) is 6.07 Å². The van der Waals surface area contributed by atoms with Crippen LogP contribution in [-0.4, -0.2) is 35.7 Å². The van der Waals surface area contributed by atoms with Crippen LogP contribution in [0.3, 0.4) is 0 Å². The predicted octanol–water partition coefficient (Wildman–Crippen LogP) is 4.58. The van der Waals surface area contributed by atoms with Crippen LogP contribution >= 0.6 is 11.6 Å². The molecule has 148 valence electrons. The Morgan fingerprint density at radius 1 is 1.21 bits per heavy atom. The highest BCUT2D eigenvalue weighted by molar-refractivity contribution is 6.31. The number of amides is 2. The fraction of sp³-hybridized carbons (Fsp3) is 0.350. The third kappa shape index (κ3) is 4.09. The van der Waals surface area contributed by atoms with Crippen LogP contribution in [0.15, 0.2) is 30.3 Å². The molecule has 3 rings (SSSR count). The molecule has 2 amide bonds. The molecule has 0 N–H and O–H groups in total. The van der Waals surface area contributed by atoms with Crippen molar-refractivity contribution in [3.63, 3.8) is 0 Å². The van der Waals surface area contributed by atoms with E-state index in [1.165, 1.54) is 9.80 Å². The molecule has 1 aliphatic rings. The molecule has 1 fully saturated rings. The van der Waals surface area contributed by atoms with E-state index >= 15 is 0 Å². The molecule has 8 heteroatoms. The zero-order valence-electron chi connectivity index (χ0n) is 16.1. The summed E-state index contributed by atoms with van der Waals surface area (Å²) < 4.78 is 19.1. The largest absolute Gasteiger partial charge is 0.456 e. The number of urea groups is 1. The fourth-order valence-electron chi connectivity index (χ4n) is 2.91. The Morgan fingerprint density at radius 3 is 2.57 bits per heavy atom. The first-order valence-corrected chi connectivity index (χ1v) is 9.20. The number of rotatable bonds is 3. The van der Waals surface area contributed by atoms with Crippen molar-refractivity contribution in [2.24, 2.45) is 0 Å². The number of hydrogen-bond donors (Lipinski definition) is 0. The molecule has 1 aromatic carbocycles. The Morgan fingerprint density at radius 2 is 1.89 bits per heavy atom. The lowest BCUT2D eigenvalue weighted by Gasteiger charge is -2.21. The summed E-state index contributed by atoms with van der Waals surface area (Å²) >= 11 is 6.02. The quantitative estimate of drug-likeness (QED) is 0.553. The molecule has 1 aromatic heterocycles. The highest BCUT2D eigenvalue weighted by atomic mass is 35.5. The number of aromatic nitrogens is 1. The van der Waals surface area contributed by atoms with Crippen LogP contribution in [0.4, 0.5) is 20.7 Å². The molecule has 0 bridgehead atoms. The average Bonchev–Trinajstić information content (AvgIpc) is 2.98. The first-order valence-electron chi connectivity index (χ1n) is 8.82. The SMILES string of the molecule is Cc1c(Cl)cc(F)nc1N1CCN(c2cccc(C(=O)OC(C)(C)C)c2)C1=O. The van der Waals surface area contributed by atoms with Crippen molar-refractivity contribution in [1.29, 1.82) is 0 Å². The van der Waals surface area contributed by atoms with Crippen molar-refractivity contribution >= 4 is 35.1 Å². The first kappa shape index (κ1) is 20.1. The molecule has 0 radical (unpaired) electrons. The third-order valence-electron chi connectivity index (χ3n) is 4.21. The molecular weight excluding hydrogens is 385 g/mol. The molecule has 28 heavy (non-hydrogen) atoms. The Labute approximate surface area is 167 Å². The zero-order chi connectivity index (χ0) is 20.6. The number of halogens is 2. The van der Waals surface area contributed by atoms with Gasteiger partial charge in [0.2, 0.25) is 5.95 Å². The zero-order valence-corrected chi connectivity index (χ0v) is 16.9. The molecular formula is C20H21ClFN3O3. The summed E-state index contributed by atoms with van der Waals surface area (Å²) in [6, 6.07) is 7.41. The van der Waals surface area contributed by atoms with Gasteiger partial charge in [0, 0.05) is 30.4 Å². The summed E-state index contributed by atoms with van der Waals surface area (Å²) in [5.41, 5.74) is 0.811. The minimum absolute atomic E-state index is 0.195. The van der Waals surface area contributed by atoms with Crippen molar-refractivity contribution in [2.75, 3.05) is 22.9 Å². The summed E-state index contributed by atoms with van der Waals surface area (Å²) in [5, 5.41) is 0.209. The van der Waals surface area contributed by atoms with Crippen LogP contribution in [0.1, 0.15) is 36.7 Å². The monoisotopic (exact) mass is 405 g/mol. The van der Waals surface area contributed by atoms with E-state index in [1.54, 1.807) is 52.0 Å². The van der Waals surface area contributed by atoms with E-state index in [2.05, 4.69) is 4.98 Å². The minimum Gasteiger partial charge on any atom is -0.456 e. The molecule has 0 saturated carbocycles. The normalized spacial score (nSPS) is 14.6. The number of ether oxygens (including phenoxy) is 1. The summed E-state index contributed by atoms with van der Waals surface area (Å²) in [5.74, 6) is -1.02. The van der Waals surface area contributed by atoms with Crippen LogP contribution < -0.4 is 9.80 Å². The van der Waals surface area contributed by atoms with Crippen molar-refractivity contribution in [2.45, 2.75) is 33.3 Å². The van der Waals surface area contributed by atoms with Gasteiger partial charge in [0.1, 0.15) is 11.4 Å². The Hall–Kier alpha value is -2.67. The van der Waals surface area contributed by atoms with Crippen LogP contribution in [0, 0.1) is 12.9 Å². The van der Waals surface area contributed by atoms with E-state index in [1.807, 2.05) is 0 Å². The maximum Gasteiger partial charge on any atom is 0.338 e. The van der Waals surface area contributed by atoms with Gasteiger partial charge in [-0.1, -0.05) is 17.7 Å². The highest BCUT2D eigenvalue weighted by Crippen LogP contribution is 2.30. The van der Waals surface area contributed by atoms with Gasteiger partial charge in [0.05, 0.1) is 10.6 Å². The maximum absolute atomic E-state index is 13.7. The number of hydrogen-bond acceptors (Lipinski definition) is 4. The predicted molar refractivity (Wildman–Crippen MR) is 106 cm³/mol. The Balaban J connectivity index is 1.86. The van der Waals surface area contributed by atoms with Crippen molar-refractivity contribution < 1.29 is 18.7 Å². The molecule has 0 atom stereocenters. The topological polar surface area (TPSA) is 62.7 Å². The van der Waals surface area contributed by atoms with Crippen molar-refractivity contribution in [3.05, 3.63) is 52.4 Å². The standard InChI is InChI=1S/C20H21ClFN3O3/c1-12-15(21)11-16(22)23-17(12)25-9-8-24(19(25)27)14-7-5-6-13(10-14)18(26)28-20(2,3)4/h5-7,10-11H,8-9H2,1-4H3. The van der Waals surface area contributed by atoms with Gasteiger partial charge in [-0.15, -0.1) is 0 Å². The molecule has 0 unspecified atom stereocenters. The van der Waals surface area contributed by atoms with Gasteiger partial charge in [0.25, 0.3) is 0 Å². The molecule has 1 aliphatic heterocycles. The van der Waals surface area contributed by atoms with Crippen LogP contribution in [0.5, 0.6) is 0 Å². The number of carbonyl (C=O) groups is 2. The molecule has 0 spiro atoms. The first-order chi connectivity index (χ1) is 13.1. The second kappa shape index (κ2) is 7.39. The molecule has 0 aliphatic carbocycles. The maximum atomic E-state index is 13.7. The Bertz CT molecular complexity index is 943. The van der Waals surface area contributed by atoms with Gasteiger partial charge in [-0.25, -0.2) is 14.6 Å². The summed E-state index contributed by atoms with van der Waals surface area (Å²) in [6.07, 6.45) is 0. The van der Waals surface area contributed by atoms with Crippen LogP contribution in [0.2, 0.25) is 5.02 Å². The van der Waals surface area contributed by atoms with Gasteiger partial charge < -0.3 is 4.74 Å². The van der Waals surface area contributed by atoms with E-state index in [-0.39, 0.29) is 16.9 Å². The highest BCUT2D eigenvalue weighted by Gasteiger charge is 2.33. The lowest BCUT2D eigenvalue weighted by molar-refractivity contribution is 0.00695. The minimum atomic E-state index is -0.747. The molecule has 6 nitrogen and oxygen atoms in total. The average molecular weight is 406 g/mol. The molecule has 2 aromatic rings. The third-order valence-corrected chi connectivity index (χ3v) is 4.60.